The maximum absolute atomic E-state index is 13.3. The fourth-order valence-electron chi connectivity index (χ4n) is 6.20. The van der Waals surface area contributed by atoms with Gasteiger partial charge in [0.15, 0.2) is 17.3 Å². The number of likely N-dealkylation sites (tertiary alicyclic amines) is 1. The molecule has 44 heavy (non-hydrogen) atoms. The van der Waals surface area contributed by atoms with E-state index in [2.05, 4.69) is 32.2 Å². The largest absolute Gasteiger partial charge is 0.485 e. The first kappa shape index (κ1) is 28.0. The van der Waals surface area contributed by atoms with Crippen molar-refractivity contribution >= 4 is 28.4 Å². The summed E-state index contributed by atoms with van der Waals surface area (Å²) < 4.78 is 16.7. The number of hydrogen-bond donors (Lipinski definition) is 3. The highest BCUT2D eigenvalue weighted by Gasteiger charge is 2.34. The van der Waals surface area contributed by atoms with E-state index in [4.69, 9.17) is 14.2 Å². The SMILES string of the molecule is CCc1cc2c(cc1OCC(=O)CNc1cc[nH]c(=O)c1-c1nc3cc4c(cc3[nH]1)CN(C1CCN(C)CC1)C4=O)OCO2. The lowest BCUT2D eigenvalue weighted by Crippen LogP contribution is -2.43. The van der Waals surface area contributed by atoms with Crippen molar-refractivity contribution in [2.24, 2.45) is 0 Å². The van der Waals surface area contributed by atoms with E-state index in [-0.39, 0.29) is 48.8 Å². The van der Waals surface area contributed by atoms with E-state index >= 15 is 0 Å². The van der Waals surface area contributed by atoms with Gasteiger partial charge in [0.05, 0.1) is 23.3 Å². The molecular weight excluding hydrogens is 564 g/mol. The molecule has 2 aromatic heterocycles. The molecule has 3 N–H and O–H groups in total. The van der Waals surface area contributed by atoms with Crippen LogP contribution in [-0.2, 0) is 17.8 Å². The van der Waals surface area contributed by atoms with Crippen LogP contribution in [0.15, 0.2) is 41.3 Å². The number of fused-ring (bicyclic) bond motifs is 3. The van der Waals surface area contributed by atoms with Crippen LogP contribution in [0.5, 0.6) is 17.2 Å². The molecule has 4 aromatic rings. The smallest absolute Gasteiger partial charge is 0.261 e. The second-order valence-corrected chi connectivity index (χ2v) is 11.5. The standard InChI is InChI=1S/C32H34N6O6/c1-3-18-11-27-28(44-17-43-27)13-26(18)42-16-21(39)14-34-23-4-7-33-31(40)29(23)30-35-24-10-19-15-38(20-5-8-37(2)9-6-20)32(41)22(19)12-25(24)36-30/h4,7,10-13,20H,3,5-6,8-9,14-17H2,1-2H3,(H,35,36)(H2,33,34,40). The number of H-pyrrole nitrogens is 2. The van der Waals surface area contributed by atoms with Gasteiger partial charge in [-0.1, -0.05) is 6.92 Å². The summed E-state index contributed by atoms with van der Waals surface area (Å²) >= 11 is 0. The van der Waals surface area contributed by atoms with Crippen molar-refractivity contribution in [1.82, 2.24) is 24.8 Å². The van der Waals surface area contributed by atoms with Crippen molar-refractivity contribution in [2.75, 3.05) is 45.4 Å². The third kappa shape index (κ3) is 5.15. The van der Waals surface area contributed by atoms with Crippen molar-refractivity contribution < 1.29 is 23.8 Å². The number of hydrogen-bond acceptors (Lipinski definition) is 9. The number of pyridine rings is 1. The zero-order chi connectivity index (χ0) is 30.4. The lowest BCUT2D eigenvalue weighted by Gasteiger charge is -2.34. The fraction of sp³-hybridized carbons (Fsp3) is 0.375. The van der Waals surface area contributed by atoms with Gasteiger partial charge >= 0.3 is 0 Å². The number of ether oxygens (including phenoxy) is 3. The molecule has 0 saturated carbocycles. The normalized spacial score (nSPS) is 16.5. The third-order valence-corrected chi connectivity index (χ3v) is 8.67. The first-order valence-corrected chi connectivity index (χ1v) is 14.9. The summed E-state index contributed by atoms with van der Waals surface area (Å²) in [5.74, 6) is 2.01. The number of aromatic amines is 2. The summed E-state index contributed by atoms with van der Waals surface area (Å²) in [4.78, 5) is 54.1. The van der Waals surface area contributed by atoms with Crippen LogP contribution in [0, 0.1) is 0 Å². The van der Waals surface area contributed by atoms with E-state index in [1.807, 2.05) is 30.0 Å². The summed E-state index contributed by atoms with van der Waals surface area (Å²) in [7, 11) is 2.11. The molecule has 0 radical (unpaired) electrons. The van der Waals surface area contributed by atoms with Crippen LogP contribution >= 0.6 is 0 Å². The Morgan fingerprint density at radius 1 is 1.14 bits per heavy atom. The monoisotopic (exact) mass is 598 g/mol. The molecule has 3 aliphatic rings. The van der Waals surface area contributed by atoms with Gasteiger partial charge in [-0.05, 0) is 74.8 Å². The molecule has 1 saturated heterocycles. The average Bonchev–Trinajstić information content (AvgIpc) is 3.74. The number of piperidine rings is 1. The van der Waals surface area contributed by atoms with E-state index in [0.717, 1.165) is 42.6 Å². The zero-order valence-electron chi connectivity index (χ0n) is 24.7. The molecule has 5 heterocycles. The number of amides is 1. The minimum absolute atomic E-state index is 0.0356. The Morgan fingerprint density at radius 3 is 2.73 bits per heavy atom. The number of imidazole rings is 1. The zero-order valence-corrected chi connectivity index (χ0v) is 24.7. The van der Waals surface area contributed by atoms with Crippen molar-refractivity contribution in [3.05, 3.63) is 63.6 Å². The molecule has 12 nitrogen and oxygen atoms in total. The maximum Gasteiger partial charge on any atom is 0.261 e. The van der Waals surface area contributed by atoms with Gasteiger partial charge in [-0.15, -0.1) is 0 Å². The molecule has 1 fully saturated rings. The average molecular weight is 599 g/mol. The first-order valence-electron chi connectivity index (χ1n) is 14.9. The predicted molar refractivity (Wildman–Crippen MR) is 163 cm³/mol. The highest BCUT2D eigenvalue weighted by Crippen LogP contribution is 2.38. The second-order valence-electron chi connectivity index (χ2n) is 11.5. The second kappa shape index (κ2) is 11.3. The van der Waals surface area contributed by atoms with E-state index in [0.29, 0.717) is 52.8 Å². The molecule has 0 atom stereocenters. The van der Waals surface area contributed by atoms with Crippen LogP contribution in [0.3, 0.4) is 0 Å². The van der Waals surface area contributed by atoms with Crippen molar-refractivity contribution in [3.8, 4) is 28.6 Å². The Labute approximate surface area is 253 Å². The Balaban J connectivity index is 1.06. The van der Waals surface area contributed by atoms with Crippen LogP contribution in [0.4, 0.5) is 5.69 Å². The van der Waals surface area contributed by atoms with Gasteiger partial charge in [-0.2, -0.15) is 0 Å². The number of anilines is 1. The third-order valence-electron chi connectivity index (χ3n) is 8.67. The number of carbonyl (C=O) groups is 2. The topological polar surface area (TPSA) is 142 Å². The minimum atomic E-state index is -0.359. The van der Waals surface area contributed by atoms with Crippen LogP contribution in [0.1, 0.15) is 41.3 Å². The quantitative estimate of drug-likeness (QED) is 0.265. The molecule has 1 amide bonds. The highest BCUT2D eigenvalue weighted by atomic mass is 16.7. The maximum atomic E-state index is 13.3. The fourth-order valence-corrected chi connectivity index (χ4v) is 6.20. The number of carbonyl (C=O) groups excluding carboxylic acids is 2. The number of aromatic nitrogens is 3. The van der Waals surface area contributed by atoms with Gasteiger partial charge in [0.2, 0.25) is 6.79 Å². The Bertz CT molecular complexity index is 1820. The van der Waals surface area contributed by atoms with Crippen molar-refractivity contribution in [2.45, 2.75) is 38.8 Å². The van der Waals surface area contributed by atoms with Gasteiger partial charge in [0.1, 0.15) is 23.7 Å². The Hall–Kier alpha value is -4.84. The predicted octanol–water partition coefficient (Wildman–Crippen LogP) is 3.32. The first-order chi connectivity index (χ1) is 21.4. The molecule has 0 spiro atoms. The lowest BCUT2D eigenvalue weighted by atomic mass is 10.0. The van der Waals surface area contributed by atoms with Crippen LogP contribution < -0.4 is 25.1 Å². The molecule has 12 heteroatoms. The van der Waals surface area contributed by atoms with E-state index in [1.54, 1.807) is 12.1 Å². The summed E-state index contributed by atoms with van der Waals surface area (Å²) in [6, 6.07) is 9.31. The van der Waals surface area contributed by atoms with Crippen LogP contribution in [0.2, 0.25) is 0 Å². The van der Waals surface area contributed by atoms with E-state index < -0.39 is 0 Å². The van der Waals surface area contributed by atoms with Crippen molar-refractivity contribution in [1.29, 1.82) is 0 Å². The van der Waals surface area contributed by atoms with Gasteiger partial charge in [-0.3, -0.25) is 14.4 Å². The molecule has 0 unspecified atom stereocenters. The molecule has 228 valence electrons. The minimum Gasteiger partial charge on any atom is -0.485 e. The molecule has 0 aliphatic carbocycles. The number of benzene rings is 2. The summed E-state index contributed by atoms with van der Waals surface area (Å²) in [5.41, 5.74) is 4.25. The van der Waals surface area contributed by atoms with E-state index in [9.17, 15) is 14.4 Å². The Morgan fingerprint density at radius 2 is 1.93 bits per heavy atom. The summed E-state index contributed by atoms with van der Waals surface area (Å²) in [5, 5.41) is 3.08. The van der Waals surface area contributed by atoms with E-state index in [1.165, 1.54) is 6.20 Å². The number of Topliss-reactive ketones (excluding diaryl/α,β-unsaturated/α-hetero) is 1. The highest BCUT2D eigenvalue weighted by molar-refractivity contribution is 6.02. The number of aryl methyl sites for hydroxylation is 1. The van der Waals surface area contributed by atoms with Gasteiger partial charge in [0, 0.05) is 30.4 Å². The summed E-state index contributed by atoms with van der Waals surface area (Å²) in [6.45, 7) is 4.48. The molecule has 2 aromatic carbocycles. The van der Waals surface area contributed by atoms with Gasteiger partial charge in [0.25, 0.3) is 11.5 Å². The number of rotatable bonds is 9. The van der Waals surface area contributed by atoms with Crippen LogP contribution in [0.25, 0.3) is 22.4 Å². The molecule has 7 rings (SSSR count). The van der Waals surface area contributed by atoms with Gasteiger partial charge < -0.3 is 39.3 Å². The lowest BCUT2D eigenvalue weighted by molar-refractivity contribution is -0.119. The molecular formula is C32H34N6O6. The van der Waals surface area contributed by atoms with Gasteiger partial charge in [-0.25, -0.2) is 4.98 Å². The number of ketones is 1. The Kier molecular flexibility index (Phi) is 7.21. The van der Waals surface area contributed by atoms with Crippen LogP contribution in [-0.4, -0.2) is 82.6 Å². The number of nitrogens with one attached hydrogen (secondary N) is 3. The molecule has 0 bridgehead atoms. The number of nitrogens with zero attached hydrogens (tertiary/aromatic N) is 3. The summed E-state index contributed by atoms with van der Waals surface area (Å²) in [6.07, 6.45) is 4.16. The van der Waals surface area contributed by atoms with Crippen molar-refractivity contribution in [3.63, 3.8) is 0 Å². The molecule has 3 aliphatic heterocycles.